The Morgan fingerprint density at radius 3 is 2.39 bits per heavy atom. The third kappa shape index (κ3) is 6.72. The minimum absolute atomic E-state index is 0.0873. The minimum Gasteiger partial charge on any atom is -0.497 e. The maximum absolute atomic E-state index is 13.4. The van der Waals surface area contributed by atoms with Crippen molar-refractivity contribution < 1.29 is 24.2 Å². The van der Waals surface area contributed by atoms with Gasteiger partial charge in [-0.3, -0.25) is 4.79 Å². The van der Waals surface area contributed by atoms with E-state index in [1.807, 2.05) is 12.1 Å². The zero-order valence-electron chi connectivity index (χ0n) is 20.6. The highest BCUT2D eigenvalue weighted by molar-refractivity contribution is 5.93. The molecule has 2 N–H and O–H groups in total. The van der Waals surface area contributed by atoms with Crippen LogP contribution in [-0.4, -0.2) is 41.7 Å². The summed E-state index contributed by atoms with van der Waals surface area (Å²) in [4.78, 5) is 26.5. The van der Waals surface area contributed by atoms with Gasteiger partial charge in [-0.2, -0.15) is 0 Å². The molecule has 0 aromatic heterocycles. The van der Waals surface area contributed by atoms with Gasteiger partial charge in [-0.05, 0) is 67.7 Å². The molecule has 4 unspecified atom stereocenters. The lowest BCUT2D eigenvalue weighted by molar-refractivity contribution is -0.159. The van der Waals surface area contributed by atoms with Crippen molar-refractivity contribution in [2.45, 2.75) is 96.3 Å². The van der Waals surface area contributed by atoms with E-state index >= 15 is 0 Å². The van der Waals surface area contributed by atoms with Crippen LogP contribution in [0.25, 0.3) is 0 Å². The monoisotopic (exact) mass is 459 g/mol. The fourth-order valence-electron chi connectivity index (χ4n) is 5.35. The molecular weight excluding hydrogens is 418 g/mol. The molecule has 33 heavy (non-hydrogen) atoms. The molecule has 6 nitrogen and oxygen atoms in total. The van der Waals surface area contributed by atoms with Gasteiger partial charge >= 0.3 is 5.97 Å². The number of carbonyl (C=O) groups excluding carboxylic acids is 2. The third-order valence-electron chi connectivity index (χ3n) is 7.53. The number of nitrogens with one attached hydrogen (secondary N) is 1. The number of methoxy groups -OCH3 is 1. The highest BCUT2D eigenvalue weighted by Gasteiger charge is 2.40. The molecule has 1 aromatic carbocycles. The van der Waals surface area contributed by atoms with Gasteiger partial charge in [-0.15, -0.1) is 0 Å². The van der Waals surface area contributed by atoms with Crippen LogP contribution in [0.5, 0.6) is 5.75 Å². The first kappa shape index (κ1) is 25.5. The van der Waals surface area contributed by atoms with Crippen LogP contribution in [0.2, 0.25) is 0 Å². The lowest BCUT2D eigenvalue weighted by Crippen LogP contribution is -2.46. The number of ether oxygens (including phenoxy) is 2. The maximum atomic E-state index is 13.4. The lowest BCUT2D eigenvalue weighted by Gasteiger charge is -2.37. The van der Waals surface area contributed by atoms with Crippen molar-refractivity contribution in [3.8, 4) is 5.75 Å². The normalized spacial score (nSPS) is 25.8. The molecule has 2 fully saturated rings. The summed E-state index contributed by atoms with van der Waals surface area (Å²) in [6, 6.07) is 6.40. The van der Waals surface area contributed by atoms with E-state index in [0.717, 1.165) is 38.5 Å². The Kier molecular flexibility index (Phi) is 8.80. The summed E-state index contributed by atoms with van der Waals surface area (Å²) in [5.41, 5.74) is -0.628. The number of aliphatic hydroxyl groups is 1. The first-order chi connectivity index (χ1) is 15.7. The molecule has 0 heterocycles. The molecule has 6 heteroatoms. The third-order valence-corrected chi connectivity index (χ3v) is 7.53. The summed E-state index contributed by atoms with van der Waals surface area (Å²) in [7, 11) is 1.60. The summed E-state index contributed by atoms with van der Waals surface area (Å²) in [6.07, 6.45) is 6.44. The molecule has 184 valence electrons. The van der Waals surface area contributed by atoms with Crippen molar-refractivity contribution in [2.75, 3.05) is 12.4 Å². The highest BCUT2D eigenvalue weighted by Crippen LogP contribution is 2.36. The van der Waals surface area contributed by atoms with Gasteiger partial charge in [-0.1, -0.05) is 46.5 Å². The fraction of sp³-hybridized carbons (Fsp3) is 0.704. The summed E-state index contributed by atoms with van der Waals surface area (Å²) in [5.74, 6) is 1.28. The smallest absolute Gasteiger partial charge is 0.329 e. The highest BCUT2D eigenvalue weighted by atomic mass is 16.5. The van der Waals surface area contributed by atoms with Crippen LogP contribution in [0, 0.1) is 17.8 Å². The number of ketones is 1. The van der Waals surface area contributed by atoms with Crippen molar-refractivity contribution in [3.05, 3.63) is 24.3 Å². The van der Waals surface area contributed by atoms with Crippen LogP contribution in [0.4, 0.5) is 5.69 Å². The maximum Gasteiger partial charge on any atom is 0.329 e. The topological polar surface area (TPSA) is 84.9 Å². The van der Waals surface area contributed by atoms with Crippen LogP contribution < -0.4 is 10.1 Å². The predicted octanol–water partition coefficient (Wildman–Crippen LogP) is 5.13. The molecule has 4 atom stereocenters. The molecule has 0 aliphatic heterocycles. The van der Waals surface area contributed by atoms with Crippen LogP contribution in [0.15, 0.2) is 24.3 Å². The number of Topliss-reactive ketones (excluding diaryl/α,β-unsaturated/α-hetero) is 1. The first-order valence-electron chi connectivity index (χ1n) is 12.6. The molecule has 2 saturated carbocycles. The Balaban J connectivity index is 1.76. The molecule has 0 spiro atoms. The Morgan fingerprint density at radius 2 is 1.79 bits per heavy atom. The second kappa shape index (κ2) is 11.4. The number of hydrogen-bond acceptors (Lipinski definition) is 6. The zero-order valence-corrected chi connectivity index (χ0v) is 20.6. The van der Waals surface area contributed by atoms with Gasteiger partial charge in [0.2, 0.25) is 0 Å². The minimum atomic E-state index is -1.34. The van der Waals surface area contributed by atoms with Crippen LogP contribution in [-0.2, 0) is 14.3 Å². The van der Waals surface area contributed by atoms with E-state index in [9.17, 15) is 14.7 Å². The zero-order chi connectivity index (χ0) is 24.0. The fourth-order valence-corrected chi connectivity index (χ4v) is 5.35. The molecule has 2 aliphatic rings. The van der Waals surface area contributed by atoms with E-state index in [4.69, 9.17) is 9.47 Å². The van der Waals surface area contributed by atoms with Gasteiger partial charge in [0, 0.05) is 12.1 Å². The second-order valence-electron chi connectivity index (χ2n) is 10.4. The number of carbonyl (C=O) groups is 2. The van der Waals surface area contributed by atoms with Crippen LogP contribution in [0.1, 0.15) is 78.6 Å². The summed E-state index contributed by atoms with van der Waals surface area (Å²) < 4.78 is 11.3. The van der Waals surface area contributed by atoms with E-state index in [1.54, 1.807) is 19.2 Å². The second-order valence-corrected chi connectivity index (χ2v) is 10.4. The van der Waals surface area contributed by atoms with Gasteiger partial charge in [0.25, 0.3) is 0 Å². The van der Waals surface area contributed by atoms with Gasteiger partial charge in [-0.25, -0.2) is 4.79 Å². The van der Waals surface area contributed by atoms with Gasteiger partial charge in [0.05, 0.1) is 7.11 Å². The van der Waals surface area contributed by atoms with Crippen LogP contribution >= 0.6 is 0 Å². The van der Waals surface area contributed by atoms with E-state index in [2.05, 4.69) is 26.1 Å². The van der Waals surface area contributed by atoms with E-state index in [0.29, 0.717) is 42.0 Å². The van der Waals surface area contributed by atoms with E-state index in [-0.39, 0.29) is 18.3 Å². The van der Waals surface area contributed by atoms with E-state index < -0.39 is 17.6 Å². The van der Waals surface area contributed by atoms with Crippen molar-refractivity contribution in [3.63, 3.8) is 0 Å². The van der Waals surface area contributed by atoms with E-state index in [1.165, 1.54) is 0 Å². The number of rotatable bonds is 9. The molecule has 0 radical (unpaired) electrons. The number of esters is 1. The van der Waals surface area contributed by atoms with Crippen molar-refractivity contribution in [2.24, 2.45) is 17.8 Å². The van der Waals surface area contributed by atoms with Gasteiger partial charge in [0.1, 0.15) is 23.5 Å². The standard InChI is InChI=1S/C27H41NO5/c1-18(2)22-13-8-19(3)16-24(22)33-26(30)23(28-20-9-11-21(32-4)12-10-20)17-25(29)27(31)14-6-5-7-15-27/h9-12,18-19,22-24,28,31H,5-8,13-17H2,1-4H3. The van der Waals surface area contributed by atoms with Crippen LogP contribution in [0.3, 0.4) is 0 Å². The molecule has 2 aliphatic carbocycles. The van der Waals surface area contributed by atoms with Crippen molar-refractivity contribution >= 4 is 17.4 Å². The molecule has 0 saturated heterocycles. The SMILES string of the molecule is COc1ccc(NC(CC(=O)C2(O)CCCCC2)C(=O)OC2CC(C)CCC2C(C)C)cc1. The first-order valence-corrected chi connectivity index (χ1v) is 12.6. The number of anilines is 1. The number of hydrogen-bond donors (Lipinski definition) is 2. The summed E-state index contributed by atoms with van der Waals surface area (Å²) in [5, 5.41) is 14.1. The Morgan fingerprint density at radius 1 is 1.12 bits per heavy atom. The molecule has 0 amide bonds. The predicted molar refractivity (Wildman–Crippen MR) is 129 cm³/mol. The Hall–Kier alpha value is -2.08. The van der Waals surface area contributed by atoms with Crippen molar-refractivity contribution in [1.82, 2.24) is 0 Å². The van der Waals surface area contributed by atoms with Gasteiger partial charge in [0.15, 0.2) is 5.78 Å². The molecule has 1 aromatic rings. The lowest BCUT2D eigenvalue weighted by atomic mass is 9.75. The average Bonchev–Trinajstić information content (AvgIpc) is 2.79. The summed E-state index contributed by atoms with van der Waals surface area (Å²) in [6.45, 7) is 6.56. The Bertz CT molecular complexity index is 784. The summed E-state index contributed by atoms with van der Waals surface area (Å²) >= 11 is 0. The van der Waals surface area contributed by atoms with Crippen molar-refractivity contribution in [1.29, 1.82) is 0 Å². The average molecular weight is 460 g/mol. The van der Waals surface area contributed by atoms with Gasteiger partial charge < -0.3 is 19.9 Å². The number of benzene rings is 1. The molecular formula is C27H41NO5. The molecule has 3 rings (SSSR count). The largest absolute Gasteiger partial charge is 0.497 e. The Labute approximate surface area is 198 Å². The molecule has 0 bridgehead atoms. The quantitative estimate of drug-likeness (QED) is 0.498.